The van der Waals surface area contributed by atoms with Gasteiger partial charge in [-0.25, -0.2) is 4.79 Å². The molecule has 0 aliphatic rings. The van der Waals surface area contributed by atoms with Crippen molar-refractivity contribution in [1.82, 2.24) is 10.3 Å². The van der Waals surface area contributed by atoms with Gasteiger partial charge in [0.15, 0.2) is 5.75 Å². The molecule has 1 aromatic heterocycles. The van der Waals surface area contributed by atoms with Gasteiger partial charge in [0, 0.05) is 34.9 Å². The quantitative estimate of drug-likeness (QED) is 0.0897. The smallest absolute Gasteiger partial charge is 0.491 e. The van der Waals surface area contributed by atoms with Crippen molar-refractivity contribution in [3.05, 3.63) is 94.3 Å². The lowest BCUT2D eigenvalue weighted by Gasteiger charge is -2.19. The fourth-order valence-electron chi connectivity index (χ4n) is 4.19. The molecule has 0 amide bonds. The maximum absolute atomic E-state index is 12.7. The number of pyridine rings is 1. The number of aromatic nitrogens is 1. The number of fused-ring (bicyclic) bond motifs is 1. The molecule has 4 aromatic rings. The Kier molecular flexibility index (Phi) is 9.74. The molecule has 9 nitrogen and oxygen atoms in total. The zero-order chi connectivity index (χ0) is 31.2. The predicted octanol–water partition coefficient (Wildman–Crippen LogP) is 4.72. The number of hydrogen-bond acceptors (Lipinski definition) is 8. The first kappa shape index (κ1) is 31.5. The molecular weight excluding hydrogens is 565 g/mol. The van der Waals surface area contributed by atoms with Gasteiger partial charge >= 0.3 is 12.1 Å². The second-order valence-corrected chi connectivity index (χ2v) is 10.7. The summed E-state index contributed by atoms with van der Waals surface area (Å²) in [7, 11) is 0. The third kappa shape index (κ3) is 9.05. The monoisotopic (exact) mass is 598 g/mol. The number of rotatable bonds is 12. The van der Waals surface area contributed by atoms with E-state index in [1.165, 1.54) is 18.2 Å². The minimum Gasteiger partial charge on any atom is -0.492 e. The summed E-state index contributed by atoms with van der Waals surface area (Å²) in [6.07, 6.45) is -5.58. The molecule has 3 aromatic carbocycles. The van der Waals surface area contributed by atoms with Crippen LogP contribution < -0.4 is 31.4 Å². The Morgan fingerprint density at radius 2 is 1.63 bits per heavy atom. The Morgan fingerprint density at radius 3 is 2.26 bits per heavy atom. The Bertz CT molecular complexity index is 1600. The number of ether oxygens (including phenoxy) is 2. The molecule has 6 N–H and O–H groups in total. The number of halogens is 3. The van der Waals surface area contributed by atoms with Gasteiger partial charge in [-0.2, -0.15) is 13.2 Å². The van der Waals surface area contributed by atoms with E-state index in [-0.39, 0.29) is 17.4 Å². The molecule has 0 radical (unpaired) electrons. The van der Waals surface area contributed by atoms with Crippen LogP contribution in [0, 0.1) is 0 Å². The van der Waals surface area contributed by atoms with E-state index in [0.717, 1.165) is 28.8 Å². The molecule has 228 valence electrons. The van der Waals surface area contributed by atoms with Gasteiger partial charge in [0.25, 0.3) is 0 Å². The summed E-state index contributed by atoms with van der Waals surface area (Å²) < 4.78 is 48.2. The molecular formula is C31H33F3N4O5. The molecule has 1 heterocycles. The predicted molar refractivity (Wildman–Crippen MR) is 158 cm³/mol. The van der Waals surface area contributed by atoms with Crippen LogP contribution in [0.1, 0.15) is 31.1 Å². The average molecular weight is 599 g/mol. The second-order valence-electron chi connectivity index (χ2n) is 10.7. The van der Waals surface area contributed by atoms with Crippen molar-refractivity contribution in [2.75, 3.05) is 25.0 Å². The summed E-state index contributed by atoms with van der Waals surface area (Å²) in [6, 6.07) is 20.5. The fourth-order valence-corrected chi connectivity index (χ4v) is 4.19. The first-order valence-electron chi connectivity index (χ1n) is 13.5. The van der Waals surface area contributed by atoms with Crippen molar-refractivity contribution in [3.63, 3.8) is 0 Å². The summed E-state index contributed by atoms with van der Waals surface area (Å²) in [4.78, 5) is 25.5. The minimum atomic E-state index is -5.20. The summed E-state index contributed by atoms with van der Waals surface area (Å²) in [5, 5.41) is 17.5. The van der Waals surface area contributed by atoms with Gasteiger partial charge in [-0.1, -0.05) is 18.2 Å². The molecule has 0 aliphatic heterocycles. The summed E-state index contributed by atoms with van der Waals surface area (Å²) in [5.41, 5.74) is 8.06. The van der Waals surface area contributed by atoms with E-state index in [1.54, 1.807) is 0 Å². The molecule has 0 fully saturated rings. The lowest BCUT2D eigenvalue weighted by molar-refractivity contribution is -0.189. The van der Waals surface area contributed by atoms with Crippen LogP contribution >= 0.6 is 0 Å². The van der Waals surface area contributed by atoms with Crippen molar-refractivity contribution in [2.45, 2.75) is 38.1 Å². The normalized spacial score (nSPS) is 12.6. The molecule has 0 unspecified atom stereocenters. The highest BCUT2D eigenvalue weighted by Crippen LogP contribution is 2.31. The SMILES string of the molecule is CC(C)(N)COc1ccc(Nc2ccc(CCNC[C@H](O)c3ccc(OC(=O)C(F)(F)F)c4[nH]c(=O)ccc34)cc2)cc1. The van der Waals surface area contributed by atoms with Crippen molar-refractivity contribution in [2.24, 2.45) is 5.73 Å². The van der Waals surface area contributed by atoms with E-state index in [2.05, 4.69) is 20.4 Å². The van der Waals surface area contributed by atoms with Crippen LogP contribution in [0.4, 0.5) is 24.5 Å². The van der Waals surface area contributed by atoms with Gasteiger partial charge in [-0.15, -0.1) is 0 Å². The van der Waals surface area contributed by atoms with E-state index in [1.807, 2.05) is 62.4 Å². The first-order chi connectivity index (χ1) is 20.3. The number of carbonyl (C=O) groups is 1. The van der Waals surface area contributed by atoms with Gasteiger partial charge < -0.3 is 35.9 Å². The number of nitrogens with two attached hydrogens (primary N) is 1. The van der Waals surface area contributed by atoms with E-state index >= 15 is 0 Å². The third-order valence-electron chi connectivity index (χ3n) is 6.32. The van der Waals surface area contributed by atoms with Crippen LogP contribution in [-0.4, -0.2) is 47.5 Å². The topological polar surface area (TPSA) is 139 Å². The molecule has 12 heteroatoms. The zero-order valence-corrected chi connectivity index (χ0v) is 23.6. The summed E-state index contributed by atoms with van der Waals surface area (Å²) >= 11 is 0. The summed E-state index contributed by atoms with van der Waals surface area (Å²) in [6.45, 7) is 4.89. The van der Waals surface area contributed by atoms with Crippen LogP contribution in [-0.2, 0) is 11.2 Å². The van der Waals surface area contributed by atoms with E-state index in [4.69, 9.17) is 10.5 Å². The Hall–Kier alpha value is -4.39. The van der Waals surface area contributed by atoms with Crippen LogP contribution in [0.25, 0.3) is 10.9 Å². The van der Waals surface area contributed by atoms with Gasteiger partial charge in [-0.3, -0.25) is 4.79 Å². The minimum absolute atomic E-state index is 0.115. The number of esters is 1. The van der Waals surface area contributed by atoms with Crippen molar-refractivity contribution in [1.29, 1.82) is 0 Å². The Morgan fingerprint density at radius 1 is 0.977 bits per heavy atom. The van der Waals surface area contributed by atoms with E-state index in [9.17, 15) is 27.9 Å². The maximum atomic E-state index is 12.7. The number of aliphatic hydroxyl groups excluding tert-OH is 1. The standard InChI is InChI=1S/C31H33F3N4O5/c1-30(2,35)18-42-22-9-7-21(8-10-22)37-20-5-3-19(4-6-20)15-16-36-17-25(39)23-11-13-26(43-29(41)31(32,33)34)28-24(23)12-14-27(40)38-28/h3-14,25,36-37,39H,15-18,35H2,1-2H3,(H,38,40)/t25-/m0/s1. The number of hydrogen-bond donors (Lipinski definition) is 5. The number of H-pyrrole nitrogens is 1. The Labute approximate surface area is 245 Å². The number of benzene rings is 3. The van der Waals surface area contributed by atoms with Gasteiger partial charge in [0.2, 0.25) is 5.56 Å². The third-order valence-corrected chi connectivity index (χ3v) is 6.32. The lowest BCUT2D eigenvalue weighted by atomic mass is 10.0. The highest BCUT2D eigenvalue weighted by molar-refractivity contribution is 5.90. The molecule has 4 rings (SSSR count). The van der Waals surface area contributed by atoms with E-state index in [0.29, 0.717) is 25.1 Å². The number of nitrogens with one attached hydrogen (secondary N) is 3. The van der Waals surface area contributed by atoms with Crippen LogP contribution in [0.3, 0.4) is 0 Å². The fraction of sp³-hybridized carbons (Fsp3) is 0.290. The number of aromatic amines is 1. The first-order valence-corrected chi connectivity index (χ1v) is 13.5. The van der Waals surface area contributed by atoms with Crippen LogP contribution in [0.2, 0.25) is 0 Å². The molecule has 0 aliphatic carbocycles. The van der Waals surface area contributed by atoms with Gasteiger partial charge in [0.05, 0.1) is 11.6 Å². The number of carbonyl (C=O) groups excluding carboxylic acids is 1. The average Bonchev–Trinajstić information content (AvgIpc) is 2.95. The van der Waals surface area contributed by atoms with Crippen LogP contribution in [0.5, 0.6) is 11.5 Å². The van der Waals surface area contributed by atoms with Crippen molar-refractivity contribution in [3.8, 4) is 11.5 Å². The molecule has 43 heavy (non-hydrogen) atoms. The number of alkyl halides is 3. The highest BCUT2D eigenvalue weighted by atomic mass is 19.4. The molecule has 0 spiro atoms. The zero-order valence-electron chi connectivity index (χ0n) is 23.6. The van der Waals surface area contributed by atoms with Crippen molar-refractivity contribution < 1.29 is 32.5 Å². The molecule has 0 bridgehead atoms. The van der Waals surface area contributed by atoms with Gasteiger partial charge in [0.1, 0.15) is 12.4 Å². The second kappa shape index (κ2) is 13.3. The molecule has 1 atom stereocenters. The lowest BCUT2D eigenvalue weighted by Crippen LogP contribution is -2.38. The molecule has 0 saturated heterocycles. The number of aliphatic hydroxyl groups is 1. The largest absolute Gasteiger partial charge is 0.492 e. The maximum Gasteiger partial charge on any atom is 0.491 e. The van der Waals surface area contributed by atoms with Gasteiger partial charge in [-0.05, 0) is 86.5 Å². The number of anilines is 2. The summed E-state index contributed by atoms with van der Waals surface area (Å²) in [5.74, 6) is -2.14. The Balaban J connectivity index is 1.29. The molecule has 0 saturated carbocycles. The highest BCUT2D eigenvalue weighted by Gasteiger charge is 2.41. The van der Waals surface area contributed by atoms with Crippen LogP contribution in [0.15, 0.2) is 77.6 Å². The van der Waals surface area contributed by atoms with E-state index < -0.39 is 35.1 Å². The van der Waals surface area contributed by atoms with Crippen molar-refractivity contribution >= 4 is 28.2 Å².